The van der Waals surface area contributed by atoms with Crippen molar-refractivity contribution in [2.45, 2.75) is 13.3 Å². The minimum atomic E-state index is 0.0251. The predicted octanol–water partition coefficient (Wildman–Crippen LogP) is 0.578. The second-order valence-electron chi connectivity index (χ2n) is 3.53. The Bertz CT molecular complexity index is 376. The standard InChI is InChI=1S/C10H16BrN3O2/c1-7-10(11)9(14(2)13-7)5-8(15)6-16-4-3-12/h3-6,12H2,1-2H3. The van der Waals surface area contributed by atoms with Crippen LogP contribution in [0.15, 0.2) is 4.47 Å². The van der Waals surface area contributed by atoms with Crippen LogP contribution in [0.2, 0.25) is 0 Å². The molecule has 0 fully saturated rings. The van der Waals surface area contributed by atoms with Crippen molar-refractivity contribution in [3.05, 3.63) is 15.9 Å². The first kappa shape index (κ1) is 13.3. The van der Waals surface area contributed by atoms with E-state index in [0.717, 1.165) is 15.9 Å². The van der Waals surface area contributed by atoms with Gasteiger partial charge in [0.1, 0.15) is 6.61 Å². The number of carbonyl (C=O) groups excluding carboxylic acids is 1. The lowest BCUT2D eigenvalue weighted by molar-refractivity contribution is -0.122. The lowest BCUT2D eigenvalue weighted by Crippen LogP contribution is -2.17. The van der Waals surface area contributed by atoms with E-state index in [1.54, 1.807) is 4.68 Å². The van der Waals surface area contributed by atoms with Gasteiger partial charge in [0.25, 0.3) is 0 Å². The van der Waals surface area contributed by atoms with E-state index in [9.17, 15) is 4.79 Å². The van der Waals surface area contributed by atoms with Crippen LogP contribution in [0, 0.1) is 6.92 Å². The van der Waals surface area contributed by atoms with Crippen molar-refractivity contribution < 1.29 is 9.53 Å². The quantitative estimate of drug-likeness (QED) is 0.778. The lowest BCUT2D eigenvalue weighted by atomic mass is 10.2. The molecule has 6 heteroatoms. The summed E-state index contributed by atoms with van der Waals surface area (Å²) in [6.45, 7) is 2.84. The molecule has 16 heavy (non-hydrogen) atoms. The number of rotatable bonds is 6. The van der Waals surface area contributed by atoms with Crippen molar-refractivity contribution in [3.63, 3.8) is 0 Å². The molecular formula is C10H16BrN3O2. The first-order chi connectivity index (χ1) is 7.56. The van der Waals surface area contributed by atoms with Gasteiger partial charge in [-0.15, -0.1) is 0 Å². The highest BCUT2D eigenvalue weighted by molar-refractivity contribution is 9.10. The van der Waals surface area contributed by atoms with Gasteiger partial charge in [-0.05, 0) is 22.9 Å². The monoisotopic (exact) mass is 289 g/mol. The zero-order valence-corrected chi connectivity index (χ0v) is 11.1. The molecule has 0 saturated heterocycles. The molecule has 0 amide bonds. The number of nitrogens with zero attached hydrogens (tertiary/aromatic N) is 2. The molecule has 0 atom stereocenters. The van der Waals surface area contributed by atoms with Crippen molar-refractivity contribution in [1.82, 2.24) is 9.78 Å². The van der Waals surface area contributed by atoms with E-state index in [1.807, 2.05) is 14.0 Å². The fourth-order valence-corrected chi connectivity index (χ4v) is 1.86. The molecular weight excluding hydrogens is 274 g/mol. The number of ether oxygens (including phenoxy) is 1. The Balaban J connectivity index is 2.56. The van der Waals surface area contributed by atoms with Gasteiger partial charge in [0.2, 0.25) is 0 Å². The van der Waals surface area contributed by atoms with Crippen LogP contribution in [0.5, 0.6) is 0 Å². The fourth-order valence-electron chi connectivity index (χ4n) is 1.38. The normalized spacial score (nSPS) is 10.8. The Morgan fingerprint density at radius 3 is 2.81 bits per heavy atom. The van der Waals surface area contributed by atoms with Crippen LogP contribution >= 0.6 is 15.9 Å². The number of hydrogen-bond donors (Lipinski definition) is 1. The van der Waals surface area contributed by atoms with Gasteiger partial charge < -0.3 is 10.5 Å². The Morgan fingerprint density at radius 1 is 1.62 bits per heavy atom. The largest absolute Gasteiger partial charge is 0.372 e. The number of hydrogen-bond acceptors (Lipinski definition) is 4. The van der Waals surface area contributed by atoms with E-state index >= 15 is 0 Å². The summed E-state index contributed by atoms with van der Waals surface area (Å²) >= 11 is 3.41. The Kier molecular flexibility index (Phi) is 5.11. The highest BCUT2D eigenvalue weighted by Crippen LogP contribution is 2.20. The summed E-state index contributed by atoms with van der Waals surface area (Å²) in [5.41, 5.74) is 7.02. The van der Waals surface area contributed by atoms with Gasteiger partial charge in [0, 0.05) is 13.6 Å². The third-order valence-electron chi connectivity index (χ3n) is 2.15. The molecule has 0 radical (unpaired) electrons. The molecule has 5 nitrogen and oxygen atoms in total. The number of nitrogens with two attached hydrogens (primary N) is 1. The smallest absolute Gasteiger partial charge is 0.164 e. The molecule has 90 valence electrons. The van der Waals surface area contributed by atoms with Crippen molar-refractivity contribution in [1.29, 1.82) is 0 Å². The molecule has 0 unspecified atom stereocenters. The molecule has 0 bridgehead atoms. The molecule has 0 aliphatic rings. The van der Waals surface area contributed by atoms with E-state index in [0.29, 0.717) is 19.6 Å². The van der Waals surface area contributed by atoms with Gasteiger partial charge in [-0.2, -0.15) is 5.10 Å². The van der Waals surface area contributed by atoms with Crippen molar-refractivity contribution in [2.75, 3.05) is 19.8 Å². The highest BCUT2D eigenvalue weighted by atomic mass is 79.9. The van der Waals surface area contributed by atoms with Crippen LogP contribution in [0.4, 0.5) is 0 Å². The summed E-state index contributed by atoms with van der Waals surface area (Å²) in [4.78, 5) is 11.6. The van der Waals surface area contributed by atoms with E-state index in [4.69, 9.17) is 10.5 Å². The minimum absolute atomic E-state index is 0.0251. The van der Waals surface area contributed by atoms with Crippen LogP contribution < -0.4 is 5.73 Å². The van der Waals surface area contributed by atoms with Crippen molar-refractivity contribution in [2.24, 2.45) is 12.8 Å². The number of carbonyl (C=O) groups is 1. The van der Waals surface area contributed by atoms with Gasteiger partial charge in [0.05, 0.1) is 28.9 Å². The molecule has 0 aliphatic carbocycles. The molecule has 0 saturated carbocycles. The van der Waals surface area contributed by atoms with Gasteiger partial charge >= 0.3 is 0 Å². The molecule has 1 rings (SSSR count). The zero-order chi connectivity index (χ0) is 12.1. The fraction of sp³-hybridized carbons (Fsp3) is 0.600. The topological polar surface area (TPSA) is 70.1 Å². The summed E-state index contributed by atoms with van der Waals surface area (Å²) in [5, 5.41) is 4.22. The maximum Gasteiger partial charge on any atom is 0.164 e. The van der Waals surface area contributed by atoms with Crippen LogP contribution in [0.3, 0.4) is 0 Å². The molecule has 1 heterocycles. The van der Waals surface area contributed by atoms with Crippen molar-refractivity contribution >= 4 is 21.7 Å². The number of Topliss-reactive ketones (excluding diaryl/α,β-unsaturated/α-hetero) is 1. The molecule has 1 aromatic rings. The van der Waals surface area contributed by atoms with E-state index in [2.05, 4.69) is 21.0 Å². The Morgan fingerprint density at radius 2 is 2.31 bits per heavy atom. The van der Waals surface area contributed by atoms with Crippen LogP contribution in [0.1, 0.15) is 11.4 Å². The van der Waals surface area contributed by atoms with Crippen molar-refractivity contribution in [3.8, 4) is 0 Å². The summed E-state index contributed by atoms with van der Waals surface area (Å²) in [5.74, 6) is 0.0251. The SMILES string of the molecule is Cc1nn(C)c(CC(=O)COCCN)c1Br. The second-order valence-corrected chi connectivity index (χ2v) is 4.32. The number of halogens is 1. The highest BCUT2D eigenvalue weighted by Gasteiger charge is 2.14. The first-order valence-electron chi connectivity index (χ1n) is 5.03. The van der Waals surface area contributed by atoms with Gasteiger partial charge in [-0.25, -0.2) is 0 Å². The Labute approximate surface area is 103 Å². The van der Waals surface area contributed by atoms with E-state index < -0.39 is 0 Å². The minimum Gasteiger partial charge on any atom is -0.372 e. The van der Waals surface area contributed by atoms with Gasteiger partial charge in [-0.1, -0.05) is 0 Å². The predicted molar refractivity (Wildman–Crippen MR) is 64.2 cm³/mol. The molecule has 0 aromatic carbocycles. The maximum atomic E-state index is 11.6. The molecule has 0 spiro atoms. The van der Waals surface area contributed by atoms with Gasteiger partial charge in [-0.3, -0.25) is 9.48 Å². The van der Waals surface area contributed by atoms with Crippen LogP contribution in [-0.4, -0.2) is 35.3 Å². The molecule has 1 aromatic heterocycles. The van der Waals surface area contributed by atoms with Crippen LogP contribution in [0.25, 0.3) is 0 Å². The third-order valence-corrected chi connectivity index (χ3v) is 3.18. The second kappa shape index (κ2) is 6.12. The average Bonchev–Trinajstić information content (AvgIpc) is 2.46. The zero-order valence-electron chi connectivity index (χ0n) is 9.49. The summed E-state index contributed by atoms with van der Waals surface area (Å²) in [7, 11) is 1.82. The van der Waals surface area contributed by atoms with Gasteiger partial charge in [0.15, 0.2) is 5.78 Å². The van der Waals surface area contributed by atoms with E-state index in [-0.39, 0.29) is 12.4 Å². The first-order valence-corrected chi connectivity index (χ1v) is 5.83. The summed E-state index contributed by atoms with van der Waals surface area (Å²) in [6.07, 6.45) is 0.322. The average molecular weight is 290 g/mol. The molecule has 2 N–H and O–H groups in total. The number of aryl methyl sites for hydroxylation is 2. The third kappa shape index (κ3) is 3.40. The maximum absolute atomic E-state index is 11.6. The lowest BCUT2D eigenvalue weighted by Gasteiger charge is -2.03. The Hall–Kier alpha value is -0.720. The van der Waals surface area contributed by atoms with E-state index in [1.165, 1.54) is 0 Å². The van der Waals surface area contributed by atoms with Crippen LogP contribution in [-0.2, 0) is 23.0 Å². The number of ketones is 1. The molecule has 0 aliphatic heterocycles. The summed E-state index contributed by atoms with van der Waals surface area (Å²) in [6, 6.07) is 0. The summed E-state index contributed by atoms with van der Waals surface area (Å²) < 4.78 is 7.68. The number of aromatic nitrogens is 2.